The molecule has 0 aromatic carbocycles. The number of aromatic nitrogens is 1. The third kappa shape index (κ3) is 5.68. The van der Waals surface area contributed by atoms with E-state index in [0.717, 1.165) is 32.1 Å². The number of carbonyl (C=O) groups is 1. The minimum atomic E-state index is -0.666. The summed E-state index contributed by atoms with van der Waals surface area (Å²) < 4.78 is 0. The quantitative estimate of drug-likeness (QED) is 0.720. The molecule has 0 amide bonds. The zero-order valence-corrected chi connectivity index (χ0v) is 12.9. The molecule has 2 aromatic rings. The Hall–Kier alpha value is -1.68. The fraction of sp³-hybridized carbons (Fsp3) is 0.412. The van der Waals surface area contributed by atoms with Gasteiger partial charge in [0, 0.05) is 16.5 Å². The summed E-state index contributed by atoms with van der Waals surface area (Å²) >= 11 is 1.64. The second-order valence-corrected chi connectivity index (χ2v) is 6.36. The number of hydrogen-bond acceptors (Lipinski definition) is 2. The smallest absolute Gasteiger partial charge is 0.306 e. The van der Waals surface area contributed by atoms with E-state index in [1.165, 1.54) is 10.4 Å². The summed E-state index contributed by atoms with van der Waals surface area (Å²) in [7, 11) is 0. The lowest BCUT2D eigenvalue weighted by atomic mass is 9.96. The van der Waals surface area contributed by atoms with Crippen LogP contribution in [0.15, 0.2) is 42.0 Å². The van der Waals surface area contributed by atoms with Crippen molar-refractivity contribution in [2.45, 2.75) is 38.5 Å². The molecule has 0 aliphatic rings. The van der Waals surface area contributed by atoms with Gasteiger partial charge < -0.3 is 5.11 Å². The van der Waals surface area contributed by atoms with Gasteiger partial charge in [-0.1, -0.05) is 18.9 Å². The molecule has 2 N–H and O–H groups in total. The number of unbranched alkanes of at least 4 members (excludes halogenated alkanes) is 2. The van der Waals surface area contributed by atoms with Gasteiger partial charge in [-0.05, 0) is 43.2 Å². The van der Waals surface area contributed by atoms with Gasteiger partial charge in [-0.2, -0.15) is 0 Å². The summed E-state index contributed by atoms with van der Waals surface area (Å²) in [6.45, 7) is 0. The lowest BCUT2D eigenvalue weighted by Crippen LogP contribution is -2.16. The SMILES string of the molecule is O=C(O)[C@@H](CCCCCc1ccc[nH+]c1)Cc1cccs1. The highest BCUT2D eigenvalue weighted by atomic mass is 32.1. The topological polar surface area (TPSA) is 51.4 Å². The van der Waals surface area contributed by atoms with Crippen molar-refractivity contribution in [3.63, 3.8) is 0 Å². The molecule has 2 heterocycles. The van der Waals surface area contributed by atoms with Crippen molar-refractivity contribution in [2.75, 3.05) is 0 Å². The maximum atomic E-state index is 11.3. The van der Waals surface area contributed by atoms with Crippen LogP contribution in [-0.4, -0.2) is 11.1 Å². The second-order valence-electron chi connectivity index (χ2n) is 5.33. The zero-order chi connectivity index (χ0) is 14.9. The predicted molar refractivity (Wildman–Crippen MR) is 84.3 cm³/mol. The molecule has 0 bridgehead atoms. The van der Waals surface area contributed by atoms with E-state index in [9.17, 15) is 9.90 Å². The number of nitrogens with one attached hydrogen (secondary N) is 1. The molecule has 0 aliphatic carbocycles. The van der Waals surface area contributed by atoms with Gasteiger partial charge in [0.25, 0.3) is 0 Å². The Morgan fingerprint density at radius 2 is 2.14 bits per heavy atom. The minimum Gasteiger partial charge on any atom is -0.481 e. The third-order valence-corrected chi connectivity index (χ3v) is 4.57. The molecule has 0 radical (unpaired) electrons. The number of aryl methyl sites for hydroxylation is 1. The Balaban J connectivity index is 1.66. The number of rotatable bonds is 9. The van der Waals surface area contributed by atoms with E-state index in [4.69, 9.17) is 0 Å². The molecular formula is C17H22NO2S+. The number of thiophene rings is 1. The first-order chi connectivity index (χ1) is 10.3. The van der Waals surface area contributed by atoms with E-state index in [-0.39, 0.29) is 5.92 Å². The summed E-state index contributed by atoms with van der Waals surface area (Å²) in [5.41, 5.74) is 1.31. The molecule has 0 fully saturated rings. The highest BCUT2D eigenvalue weighted by Crippen LogP contribution is 2.20. The number of pyridine rings is 1. The third-order valence-electron chi connectivity index (χ3n) is 3.67. The number of aliphatic carboxylic acids is 1. The van der Waals surface area contributed by atoms with Crippen LogP contribution in [0.5, 0.6) is 0 Å². The molecular weight excluding hydrogens is 282 g/mol. The average molecular weight is 304 g/mol. The molecule has 21 heavy (non-hydrogen) atoms. The molecule has 0 unspecified atom stereocenters. The first-order valence-corrected chi connectivity index (χ1v) is 8.34. The van der Waals surface area contributed by atoms with Crippen LogP contribution in [0.1, 0.15) is 36.1 Å². The number of carboxylic acids is 1. The highest BCUT2D eigenvalue weighted by molar-refractivity contribution is 7.09. The summed E-state index contributed by atoms with van der Waals surface area (Å²) in [6, 6.07) is 8.13. The fourth-order valence-electron chi connectivity index (χ4n) is 2.47. The van der Waals surface area contributed by atoms with E-state index < -0.39 is 5.97 Å². The van der Waals surface area contributed by atoms with E-state index in [0.29, 0.717) is 6.42 Å². The molecule has 0 spiro atoms. The normalized spacial score (nSPS) is 12.2. The van der Waals surface area contributed by atoms with Crippen molar-refractivity contribution in [3.8, 4) is 0 Å². The number of hydrogen-bond donors (Lipinski definition) is 1. The fourth-order valence-corrected chi connectivity index (χ4v) is 3.25. The van der Waals surface area contributed by atoms with Crippen LogP contribution in [0.25, 0.3) is 0 Å². The standard InChI is InChI=1S/C17H21NO2S/c19-17(20)15(12-16-9-5-11-21-16)8-3-1-2-6-14-7-4-10-18-13-14/h4-5,7,9-11,13,15H,1-3,6,8,12H2,(H,19,20)/p+1/t15-/m0/s1. The van der Waals surface area contributed by atoms with Gasteiger partial charge in [-0.3, -0.25) is 4.79 Å². The van der Waals surface area contributed by atoms with Crippen LogP contribution < -0.4 is 4.98 Å². The highest BCUT2D eigenvalue weighted by Gasteiger charge is 2.17. The molecule has 112 valence electrons. The van der Waals surface area contributed by atoms with Gasteiger partial charge >= 0.3 is 5.97 Å². The Labute approximate surface area is 129 Å². The van der Waals surface area contributed by atoms with Crippen LogP contribution in [0.2, 0.25) is 0 Å². The molecule has 1 atom stereocenters. The lowest BCUT2D eigenvalue weighted by molar-refractivity contribution is -0.378. The van der Waals surface area contributed by atoms with E-state index >= 15 is 0 Å². The molecule has 4 heteroatoms. The summed E-state index contributed by atoms with van der Waals surface area (Å²) in [6.07, 6.45) is 9.61. The molecule has 0 saturated heterocycles. The number of carboxylic acid groups (broad SMARTS) is 1. The van der Waals surface area contributed by atoms with E-state index in [2.05, 4.69) is 11.1 Å². The number of H-pyrrole nitrogens is 1. The van der Waals surface area contributed by atoms with Gasteiger partial charge in [0.1, 0.15) is 0 Å². The first-order valence-electron chi connectivity index (χ1n) is 7.46. The molecule has 3 nitrogen and oxygen atoms in total. The van der Waals surface area contributed by atoms with Crippen molar-refractivity contribution >= 4 is 17.3 Å². The van der Waals surface area contributed by atoms with Crippen molar-refractivity contribution in [3.05, 3.63) is 52.5 Å². The van der Waals surface area contributed by atoms with Gasteiger partial charge in [0.05, 0.1) is 5.92 Å². The maximum absolute atomic E-state index is 11.3. The molecule has 0 aliphatic heterocycles. The summed E-state index contributed by atoms with van der Waals surface area (Å²) in [4.78, 5) is 15.6. The van der Waals surface area contributed by atoms with Crippen LogP contribution in [0, 0.1) is 5.92 Å². The Bertz CT molecular complexity index is 525. The van der Waals surface area contributed by atoms with Crippen LogP contribution in [0.3, 0.4) is 0 Å². The van der Waals surface area contributed by atoms with Crippen molar-refractivity contribution in [1.29, 1.82) is 0 Å². The second kappa shape index (κ2) is 8.57. The van der Waals surface area contributed by atoms with Gasteiger partial charge in [0.2, 0.25) is 0 Å². The van der Waals surface area contributed by atoms with Crippen LogP contribution in [0.4, 0.5) is 0 Å². The first kappa shape index (κ1) is 15.7. The lowest BCUT2D eigenvalue weighted by Gasteiger charge is -2.10. The maximum Gasteiger partial charge on any atom is 0.306 e. The number of aromatic amines is 1. The molecule has 0 saturated carbocycles. The van der Waals surface area contributed by atoms with Crippen molar-refractivity contribution in [2.24, 2.45) is 5.92 Å². The molecule has 2 aromatic heterocycles. The van der Waals surface area contributed by atoms with Gasteiger partial charge in [0.15, 0.2) is 12.4 Å². The zero-order valence-electron chi connectivity index (χ0n) is 12.1. The average Bonchev–Trinajstić information content (AvgIpc) is 2.99. The summed E-state index contributed by atoms with van der Waals surface area (Å²) in [5, 5.41) is 11.3. The predicted octanol–water partition coefficient (Wildman–Crippen LogP) is 3.61. The molecule has 2 rings (SSSR count). The van der Waals surface area contributed by atoms with Gasteiger partial charge in [-0.25, -0.2) is 4.98 Å². The minimum absolute atomic E-state index is 0.242. The van der Waals surface area contributed by atoms with Gasteiger partial charge in [-0.15, -0.1) is 11.3 Å². The Morgan fingerprint density at radius 3 is 2.81 bits per heavy atom. The van der Waals surface area contributed by atoms with E-state index in [1.54, 1.807) is 11.3 Å². The Kier molecular flexibility index (Phi) is 6.41. The van der Waals surface area contributed by atoms with Crippen molar-refractivity contribution in [1.82, 2.24) is 0 Å². The largest absolute Gasteiger partial charge is 0.481 e. The Morgan fingerprint density at radius 1 is 1.24 bits per heavy atom. The van der Waals surface area contributed by atoms with Crippen molar-refractivity contribution < 1.29 is 14.9 Å². The van der Waals surface area contributed by atoms with Crippen LogP contribution in [-0.2, 0) is 17.6 Å². The van der Waals surface area contributed by atoms with Crippen LogP contribution >= 0.6 is 11.3 Å². The monoisotopic (exact) mass is 304 g/mol. The summed E-state index contributed by atoms with van der Waals surface area (Å²) in [5.74, 6) is -0.908. The van der Waals surface area contributed by atoms with E-state index in [1.807, 2.05) is 36.0 Å².